The zero-order valence-corrected chi connectivity index (χ0v) is 14.4. The van der Waals surface area contributed by atoms with Crippen molar-refractivity contribution in [2.24, 2.45) is 5.73 Å². The number of nitrogens with two attached hydrogens (primary N) is 1. The minimum atomic E-state index is -2.65. The van der Waals surface area contributed by atoms with Gasteiger partial charge in [-0.1, -0.05) is 29.8 Å². The third-order valence-corrected chi connectivity index (χ3v) is 4.32. The topological polar surface area (TPSA) is 60.9 Å². The molecular weight excluding hydrogens is 348 g/mol. The molecule has 0 aliphatic carbocycles. The molecule has 25 heavy (non-hydrogen) atoms. The van der Waals surface area contributed by atoms with E-state index in [1.165, 1.54) is 16.7 Å². The quantitative estimate of drug-likeness (QED) is 0.754. The van der Waals surface area contributed by atoms with E-state index in [2.05, 4.69) is 4.98 Å². The van der Waals surface area contributed by atoms with Crippen molar-refractivity contribution in [1.29, 1.82) is 0 Å². The van der Waals surface area contributed by atoms with Crippen LogP contribution in [0.5, 0.6) is 0 Å². The summed E-state index contributed by atoms with van der Waals surface area (Å²) in [7, 11) is 0. The van der Waals surface area contributed by atoms with E-state index in [1.807, 2.05) is 0 Å². The fraction of sp³-hybridized carbons (Fsp3) is 0.222. The van der Waals surface area contributed by atoms with Gasteiger partial charge in [0.15, 0.2) is 0 Å². The number of hydrogen-bond donors (Lipinski definition) is 1. The van der Waals surface area contributed by atoms with Crippen molar-refractivity contribution in [2.45, 2.75) is 26.3 Å². The molecule has 0 saturated heterocycles. The van der Waals surface area contributed by atoms with Gasteiger partial charge in [0.2, 0.25) is 0 Å². The molecule has 2 N–H and O–H groups in total. The van der Waals surface area contributed by atoms with Crippen molar-refractivity contribution in [3.05, 3.63) is 68.7 Å². The maximum absolute atomic E-state index is 13.1. The number of nitrogens with zero attached hydrogens (tertiary/aromatic N) is 2. The maximum Gasteiger partial charge on any atom is 0.267 e. The molecule has 4 nitrogen and oxygen atoms in total. The molecule has 3 aromatic rings. The van der Waals surface area contributed by atoms with Crippen LogP contribution in [-0.4, -0.2) is 9.55 Å². The molecule has 0 spiro atoms. The number of aromatic nitrogens is 2. The van der Waals surface area contributed by atoms with E-state index in [0.717, 1.165) is 0 Å². The second-order valence-electron chi connectivity index (χ2n) is 5.88. The molecule has 0 bridgehead atoms. The zero-order chi connectivity index (χ0) is 18.3. The SMILES string of the molecule is Cc1ccc(C(F)F)cc1-n1c([C@H](C)N)nc2cccc(Cl)c2c1=O. The Bertz CT molecular complexity index is 1020. The normalized spacial score (nSPS) is 12.8. The van der Waals surface area contributed by atoms with E-state index >= 15 is 0 Å². The first-order chi connectivity index (χ1) is 11.8. The van der Waals surface area contributed by atoms with Crippen molar-refractivity contribution >= 4 is 22.5 Å². The molecule has 1 heterocycles. The maximum atomic E-state index is 13.1. The number of aryl methyl sites for hydroxylation is 1. The summed E-state index contributed by atoms with van der Waals surface area (Å²) in [5, 5.41) is 0.484. The molecule has 0 aliphatic heterocycles. The van der Waals surface area contributed by atoms with Crippen LogP contribution in [0.4, 0.5) is 8.78 Å². The summed E-state index contributed by atoms with van der Waals surface area (Å²) in [5.41, 5.74) is 6.78. The van der Waals surface area contributed by atoms with E-state index < -0.39 is 18.0 Å². The first-order valence-corrected chi connectivity index (χ1v) is 8.05. The van der Waals surface area contributed by atoms with Gasteiger partial charge in [0.25, 0.3) is 12.0 Å². The van der Waals surface area contributed by atoms with E-state index in [-0.39, 0.29) is 21.8 Å². The molecule has 0 radical (unpaired) electrons. The lowest BCUT2D eigenvalue weighted by Crippen LogP contribution is -2.28. The van der Waals surface area contributed by atoms with Crippen LogP contribution in [0.2, 0.25) is 5.02 Å². The average molecular weight is 364 g/mol. The Morgan fingerprint density at radius 3 is 2.60 bits per heavy atom. The minimum Gasteiger partial charge on any atom is -0.322 e. The Kier molecular flexibility index (Phi) is 4.58. The summed E-state index contributed by atoms with van der Waals surface area (Å²) < 4.78 is 27.5. The predicted molar refractivity (Wildman–Crippen MR) is 94.6 cm³/mol. The number of hydrogen-bond acceptors (Lipinski definition) is 3. The first-order valence-electron chi connectivity index (χ1n) is 7.67. The molecule has 2 aromatic carbocycles. The van der Waals surface area contributed by atoms with Crippen LogP contribution < -0.4 is 11.3 Å². The van der Waals surface area contributed by atoms with Gasteiger partial charge in [0.1, 0.15) is 5.82 Å². The predicted octanol–water partition coefficient (Wildman–Crippen LogP) is 4.30. The highest BCUT2D eigenvalue weighted by atomic mass is 35.5. The summed E-state index contributed by atoms with van der Waals surface area (Å²) in [6, 6.07) is 8.54. The van der Waals surface area contributed by atoms with E-state index in [9.17, 15) is 13.6 Å². The molecule has 130 valence electrons. The highest BCUT2D eigenvalue weighted by molar-refractivity contribution is 6.35. The lowest BCUT2D eigenvalue weighted by Gasteiger charge is -2.18. The summed E-state index contributed by atoms with van der Waals surface area (Å²) in [4.78, 5) is 17.6. The first kappa shape index (κ1) is 17.5. The lowest BCUT2D eigenvalue weighted by atomic mass is 10.1. The second-order valence-corrected chi connectivity index (χ2v) is 6.29. The third-order valence-electron chi connectivity index (χ3n) is 4.01. The Balaban J connectivity index is 2.45. The third kappa shape index (κ3) is 3.03. The summed E-state index contributed by atoms with van der Waals surface area (Å²) in [6.45, 7) is 3.42. The molecule has 7 heteroatoms. The molecule has 0 aliphatic rings. The molecule has 0 unspecified atom stereocenters. The Hall–Kier alpha value is -2.31. The van der Waals surface area contributed by atoms with Crippen LogP contribution in [0.3, 0.4) is 0 Å². The second kappa shape index (κ2) is 6.54. The van der Waals surface area contributed by atoms with Crippen LogP contribution in [0.15, 0.2) is 41.2 Å². The van der Waals surface area contributed by atoms with Gasteiger partial charge >= 0.3 is 0 Å². The number of rotatable bonds is 3. The zero-order valence-electron chi connectivity index (χ0n) is 13.6. The lowest BCUT2D eigenvalue weighted by molar-refractivity contribution is 0.151. The van der Waals surface area contributed by atoms with Crippen molar-refractivity contribution in [2.75, 3.05) is 0 Å². The van der Waals surface area contributed by atoms with Gasteiger partial charge < -0.3 is 5.73 Å². The van der Waals surface area contributed by atoms with Gasteiger partial charge in [-0.2, -0.15) is 0 Å². The highest BCUT2D eigenvalue weighted by Crippen LogP contribution is 2.26. The summed E-state index contributed by atoms with van der Waals surface area (Å²) in [6.07, 6.45) is -2.65. The van der Waals surface area contributed by atoms with Crippen LogP contribution in [0.1, 0.15) is 36.3 Å². The highest BCUT2D eigenvalue weighted by Gasteiger charge is 2.19. The van der Waals surface area contributed by atoms with Gasteiger partial charge in [0, 0.05) is 5.56 Å². The molecule has 3 rings (SSSR count). The number of halogens is 3. The van der Waals surface area contributed by atoms with E-state index in [0.29, 0.717) is 16.8 Å². The Labute approximate surface area is 147 Å². The monoisotopic (exact) mass is 363 g/mol. The van der Waals surface area contributed by atoms with Gasteiger partial charge in [-0.25, -0.2) is 13.8 Å². The number of alkyl halides is 2. The van der Waals surface area contributed by atoms with Crippen LogP contribution >= 0.6 is 11.6 Å². The van der Waals surface area contributed by atoms with E-state index in [4.69, 9.17) is 17.3 Å². The minimum absolute atomic E-state index is 0.178. The molecule has 0 amide bonds. The molecule has 0 saturated carbocycles. The molecule has 1 atom stereocenters. The van der Waals surface area contributed by atoms with E-state index in [1.54, 1.807) is 38.1 Å². The average Bonchev–Trinajstić information content (AvgIpc) is 2.55. The van der Waals surface area contributed by atoms with Gasteiger partial charge in [-0.3, -0.25) is 9.36 Å². The molecule has 1 aromatic heterocycles. The van der Waals surface area contributed by atoms with Crippen LogP contribution in [0.25, 0.3) is 16.6 Å². The standard InChI is InChI=1S/C18H16ClF2N3O/c1-9-6-7-11(16(20)21)8-14(9)24-17(10(2)22)23-13-5-3-4-12(19)15(13)18(24)25/h3-8,10,16H,22H2,1-2H3/t10-/m0/s1. The van der Waals surface area contributed by atoms with Crippen LogP contribution in [0, 0.1) is 6.92 Å². The van der Waals surface area contributed by atoms with Gasteiger partial charge in [0.05, 0.1) is 27.7 Å². The van der Waals surface area contributed by atoms with Crippen molar-refractivity contribution in [3.63, 3.8) is 0 Å². The number of fused-ring (bicyclic) bond motifs is 1. The molecular formula is C18H16ClF2N3O. The van der Waals surface area contributed by atoms with Crippen molar-refractivity contribution < 1.29 is 8.78 Å². The van der Waals surface area contributed by atoms with Crippen molar-refractivity contribution in [3.8, 4) is 5.69 Å². The smallest absolute Gasteiger partial charge is 0.267 e. The fourth-order valence-electron chi connectivity index (χ4n) is 2.75. The Morgan fingerprint density at radius 2 is 1.96 bits per heavy atom. The summed E-state index contributed by atoms with van der Waals surface area (Å²) >= 11 is 6.17. The largest absolute Gasteiger partial charge is 0.322 e. The molecule has 0 fully saturated rings. The van der Waals surface area contributed by atoms with Crippen molar-refractivity contribution in [1.82, 2.24) is 9.55 Å². The Morgan fingerprint density at radius 1 is 1.24 bits per heavy atom. The number of benzene rings is 2. The van der Waals surface area contributed by atoms with Gasteiger partial charge in [-0.05, 0) is 37.6 Å². The van der Waals surface area contributed by atoms with Gasteiger partial charge in [-0.15, -0.1) is 0 Å². The fourth-order valence-corrected chi connectivity index (χ4v) is 3.00. The summed E-state index contributed by atoms with van der Waals surface area (Å²) in [5.74, 6) is 0.286. The van der Waals surface area contributed by atoms with Crippen LogP contribution in [-0.2, 0) is 0 Å².